The van der Waals surface area contributed by atoms with Crippen molar-refractivity contribution in [1.29, 1.82) is 0 Å². The molecule has 3 rings (SSSR count). The summed E-state index contributed by atoms with van der Waals surface area (Å²) in [7, 11) is 0. The molecule has 1 aliphatic rings. The number of carbonyl (C=O) groups excluding carboxylic acids is 3. The van der Waals surface area contributed by atoms with E-state index in [2.05, 4.69) is 20.5 Å². The number of likely N-dealkylation sites (tertiary alicyclic amines) is 1. The lowest BCUT2D eigenvalue weighted by Crippen LogP contribution is -2.42. The molecule has 1 aliphatic heterocycles. The molecule has 1 saturated heterocycles. The van der Waals surface area contributed by atoms with Crippen molar-refractivity contribution in [1.82, 2.24) is 20.1 Å². The number of anilines is 1. The van der Waals surface area contributed by atoms with Gasteiger partial charge in [-0.3, -0.25) is 14.4 Å². The van der Waals surface area contributed by atoms with Crippen molar-refractivity contribution < 1.29 is 14.4 Å². The second-order valence-electron chi connectivity index (χ2n) is 8.42. The molecule has 3 amide bonds. The Bertz CT molecular complexity index is 1020. The summed E-state index contributed by atoms with van der Waals surface area (Å²) in [5.41, 5.74) is 0.864. The summed E-state index contributed by atoms with van der Waals surface area (Å²) in [6.07, 6.45) is 2.59. The molecule has 2 aromatic rings. The summed E-state index contributed by atoms with van der Waals surface area (Å²) in [5, 5.41) is 8.41. The maximum Gasteiger partial charge on any atom is 0.256 e. The Kier molecular flexibility index (Phi) is 9.70. The molecular formula is C23H29Cl2N5O3S. The zero-order valence-electron chi connectivity index (χ0n) is 19.3. The van der Waals surface area contributed by atoms with Gasteiger partial charge in [0, 0.05) is 29.5 Å². The highest BCUT2D eigenvalue weighted by molar-refractivity contribution is 7.13. The van der Waals surface area contributed by atoms with Crippen LogP contribution in [0.15, 0.2) is 23.6 Å². The van der Waals surface area contributed by atoms with Gasteiger partial charge in [-0.05, 0) is 58.0 Å². The Labute approximate surface area is 213 Å². The van der Waals surface area contributed by atoms with Gasteiger partial charge in [-0.15, -0.1) is 11.3 Å². The highest BCUT2D eigenvalue weighted by Gasteiger charge is 2.24. The standard InChI is InChI=1S/C23H29Cl2N5O3S/c1-15(2)30(22(33)18-6-5-16(24)11-19(18)25)13-21(32)28-23-27-17(14-34-23)12-20(31)26-7-10-29-8-3-4-9-29/h5-6,11,14-15H,3-4,7-10,12-13H2,1-2H3,(H,26,31)(H,27,28,32). The fraction of sp³-hybridized carbons (Fsp3) is 0.478. The fourth-order valence-corrected chi connectivity index (χ4v) is 4.87. The zero-order chi connectivity index (χ0) is 24.7. The van der Waals surface area contributed by atoms with Crippen molar-refractivity contribution in [2.75, 3.05) is 38.0 Å². The van der Waals surface area contributed by atoms with Gasteiger partial charge >= 0.3 is 0 Å². The summed E-state index contributed by atoms with van der Waals surface area (Å²) in [6, 6.07) is 4.39. The van der Waals surface area contributed by atoms with Crippen LogP contribution in [0.5, 0.6) is 0 Å². The molecule has 8 nitrogen and oxygen atoms in total. The second-order valence-corrected chi connectivity index (χ2v) is 10.1. The maximum atomic E-state index is 13.0. The molecule has 2 N–H and O–H groups in total. The van der Waals surface area contributed by atoms with Crippen LogP contribution < -0.4 is 10.6 Å². The zero-order valence-corrected chi connectivity index (χ0v) is 21.6. The maximum absolute atomic E-state index is 13.0. The van der Waals surface area contributed by atoms with Gasteiger partial charge in [0.2, 0.25) is 11.8 Å². The average Bonchev–Trinajstić information content (AvgIpc) is 3.43. The average molecular weight is 526 g/mol. The highest BCUT2D eigenvalue weighted by Crippen LogP contribution is 2.23. The minimum absolute atomic E-state index is 0.0983. The molecule has 0 aliphatic carbocycles. The number of hydrogen-bond donors (Lipinski definition) is 2. The lowest BCUT2D eigenvalue weighted by Gasteiger charge is -2.26. The van der Waals surface area contributed by atoms with E-state index in [0.717, 1.165) is 19.6 Å². The van der Waals surface area contributed by atoms with Crippen LogP contribution in [-0.4, -0.2) is 71.3 Å². The molecule has 0 atom stereocenters. The SMILES string of the molecule is CC(C)N(CC(=O)Nc1nc(CC(=O)NCCN2CCCC2)cs1)C(=O)c1ccc(Cl)cc1Cl. The van der Waals surface area contributed by atoms with E-state index in [-0.39, 0.29) is 47.3 Å². The number of aromatic nitrogens is 1. The first kappa shape index (κ1) is 26.4. The normalized spacial score (nSPS) is 13.8. The predicted octanol–water partition coefficient (Wildman–Crippen LogP) is 3.69. The van der Waals surface area contributed by atoms with Gasteiger partial charge in [-0.1, -0.05) is 23.2 Å². The lowest BCUT2D eigenvalue weighted by atomic mass is 10.1. The Morgan fingerprint density at radius 3 is 2.59 bits per heavy atom. The third-order valence-corrected chi connectivity index (χ3v) is 6.80. The number of thiazole rings is 1. The molecule has 0 bridgehead atoms. The van der Waals surface area contributed by atoms with E-state index in [0.29, 0.717) is 22.4 Å². The van der Waals surface area contributed by atoms with Gasteiger partial charge in [0.15, 0.2) is 5.13 Å². The number of rotatable bonds is 10. The van der Waals surface area contributed by atoms with Crippen LogP contribution >= 0.6 is 34.5 Å². The van der Waals surface area contributed by atoms with Gasteiger partial charge in [0.25, 0.3) is 5.91 Å². The van der Waals surface area contributed by atoms with Gasteiger partial charge in [-0.25, -0.2) is 4.98 Å². The predicted molar refractivity (Wildman–Crippen MR) is 136 cm³/mol. The minimum atomic E-state index is -0.386. The van der Waals surface area contributed by atoms with Crippen LogP contribution in [0.1, 0.15) is 42.7 Å². The van der Waals surface area contributed by atoms with Crippen molar-refractivity contribution in [2.24, 2.45) is 0 Å². The Morgan fingerprint density at radius 2 is 1.91 bits per heavy atom. The second kappa shape index (κ2) is 12.5. The van der Waals surface area contributed by atoms with Gasteiger partial charge in [0.1, 0.15) is 6.54 Å². The number of amides is 3. The van der Waals surface area contributed by atoms with Gasteiger partial charge in [-0.2, -0.15) is 0 Å². The van der Waals surface area contributed by atoms with Crippen LogP contribution in [0, 0.1) is 0 Å². The monoisotopic (exact) mass is 525 g/mol. The van der Waals surface area contributed by atoms with E-state index in [1.54, 1.807) is 17.5 Å². The fourth-order valence-electron chi connectivity index (χ4n) is 3.65. The molecule has 2 heterocycles. The molecular weight excluding hydrogens is 497 g/mol. The van der Waals surface area contributed by atoms with Crippen molar-refractivity contribution in [3.05, 3.63) is 44.9 Å². The Balaban J connectivity index is 1.50. The Morgan fingerprint density at radius 1 is 1.18 bits per heavy atom. The molecule has 1 fully saturated rings. The van der Waals surface area contributed by atoms with Crippen LogP contribution in [0.2, 0.25) is 10.0 Å². The van der Waals surface area contributed by atoms with E-state index >= 15 is 0 Å². The number of nitrogens with one attached hydrogen (secondary N) is 2. The third kappa shape index (κ3) is 7.66. The van der Waals surface area contributed by atoms with E-state index in [9.17, 15) is 14.4 Å². The molecule has 0 spiro atoms. The van der Waals surface area contributed by atoms with Crippen LogP contribution in [0.4, 0.5) is 5.13 Å². The lowest BCUT2D eigenvalue weighted by molar-refractivity contribution is -0.120. The highest BCUT2D eigenvalue weighted by atomic mass is 35.5. The number of hydrogen-bond acceptors (Lipinski definition) is 6. The van der Waals surface area contributed by atoms with Crippen LogP contribution in [0.25, 0.3) is 0 Å². The molecule has 0 unspecified atom stereocenters. The molecule has 34 heavy (non-hydrogen) atoms. The number of carbonyl (C=O) groups is 3. The number of halogens is 2. The molecule has 11 heteroatoms. The first-order valence-electron chi connectivity index (χ1n) is 11.2. The largest absolute Gasteiger partial charge is 0.354 e. The number of nitrogens with zero attached hydrogens (tertiary/aromatic N) is 3. The molecule has 0 saturated carbocycles. The molecule has 184 valence electrons. The van der Waals surface area contributed by atoms with Crippen molar-refractivity contribution >= 4 is 57.4 Å². The topological polar surface area (TPSA) is 94.6 Å². The third-order valence-electron chi connectivity index (χ3n) is 5.45. The Hall–Kier alpha value is -2.20. The van der Waals surface area contributed by atoms with Crippen LogP contribution in [-0.2, 0) is 16.0 Å². The van der Waals surface area contributed by atoms with Crippen molar-refractivity contribution in [2.45, 2.75) is 39.2 Å². The first-order chi connectivity index (χ1) is 16.2. The van der Waals surface area contributed by atoms with Gasteiger partial charge in [0.05, 0.1) is 22.7 Å². The molecule has 1 aromatic heterocycles. The van der Waals surface area contributed by atoms with Gasteiger partial charge < -0.3 is 20.4 Å². The molecule has 0 radical (unpaired) electrons. The van der Waals surface area contributed by atoms with Crippen molar-refractivity contribution in [3.8, 4) is 0 Å². The summed E-state index contributed by atoms with van der Waals surface area (Å²) in [5.74, 6) is -0.848. The summed E-state index contributed by atoms with van der Waals surface area (Å²) < 4.78 is 0. The quantitative estimate of drug-likeness (QED) is 0.493. The number of benzene rings is 1. The van der Waals surface area contributed by atoms with Crippen LogP contribution in [0.3, 0.4) is 0 Å². The summed E-state index contributed by atoms with van der Waals surface area (Å²) in [4.78, 5) is 45.9. The summed E-state index contributed by atoms with van der Waals surface area (Å²) >= 11 is 13.3. The van der Waals surface area contributed by atoms with E-state index in [4.69, 9.17) is 23.2 Å². The first-order valence-corrected chi connectivity index (χ1v) is 12.9. The van der Waals surface area contributed by atoms with E-state index in [1.165, 1.54) is 35.1 Å². The minimum Gasteiger partial charge on any atom is -0.354 e. The van der Waals surface area contributed by atoms with E-state index in [1.807, 2.05) is 13.8 Å². The smallest absolute Gasteiger partial charge is 0.256 e. The van der Waals surface area contributed by atoms with E-state index < -0.39 is 0 Å². The molecule has 1 aromatic carbocycles. The van der Waals surface area contributed by atoms with Crippen molar-refractivity contribution in [3.63, 3.8) is 0 Å². The summed E-state index contributed by atoms with van der Waals surface area (Å²) in [6.45, 7) is 7.13.